The fourth-order valence-electron chi connectivity index (χ4n) is 2.22. The number of rotatable bonds is 8. The molecule has 0 aliphatic rings. The molecule has 1 aromatic carbocycles. The smallest absolute Gasteiger partial charge is 0.274 e. The van der Waals surface area contributed by atoms with Crippen molar-refractivity contribution >= 4 is 35.0 Å². The highest BCUT2D eigenvalue weighted by Gasteiger charge is 2.15. The number of nitrogens with one attached hydrogen (secondary N) is 2. The molecule has 25 heavy (non-hydrogen) atoms. The Balaban J connectivity index is 1.82. The van der Waals surface area contributed by atoms with Gasteiger partial charge in [0.1, 0.15) is 0 Å². The lowest BCUT2D eigenvalue weighted by atomic mass is 10.2. The van der Waals surface area contributed by atoms with Crippen LogP contribution in [0.5, 0.6) is 0 Å². The SMILES string of the molecule is CCNc1nc2nnc(SCC(=O)c3ccccc3)n2nc1NCC. The zero-order valence-electron chi connectivity index (χ0n) is 14.1. The Bertz CT molecular complexity index is 866. The molecule has 0 amide bonds. The third-order valence-corrected chi connectivity index (χ3v) is 4.27. The van der Waals surface area contributed by atoms with Crippen molar-refractivity contribution in [3.05, 3.63) is 35.9 Å². The fraction of sp³-hybridized carbons (Fsp3) is 0.312. The predicted molar refractivity (Wildman–Crippen MR) is 98.4 cm³/mol. The van der Waals surface area contributed by atoms with Gasteiger partial charge in [-0.1, -0.05) is 42.1 Å². The number of carbonyl (C=O) groups is 1. The quantitative estimate of drug-likeness (QED) is 0.468. The van der Waals surface area contributed by atoms with E-state index in [4.69, 9.17) is 0 Å². The van der Waals surface area contributed by atoms with Crippen LogP contribution in [0.15, 0.2) is 35.5 Å². The summed E-state index contributed by atoms with van der Waals surface area (Å²) in [6.45, 7) is 5.42. The number of nitrogens with zero attached hydrogens (tertiary/aromatic N) is 5. The van der Waals surface area contributed by atoms with Gasteiger partial charge >= 0.3 is 0 Å². The highest BCUT2D eigenvalue weighted by molar-refractivity contribution is 7.99. The third kappa shape index (κ3) is 3.87. The molecule has 2 heterocycles. The van der Waals surface area contributed by atoms with E-state index in [1.807, 2.05) is 32.0 Å². The first-order chi connectivity index (χ1) is 12.2. The molecular weight excluding hydrogens is 338 g/mol. The second kappa shape index (κ2) is 7.93. The molecule has 0 radical (unpaired) electrons. The van der Waals surface area contributed by atoms with Crippen LogP contribution in [0.1, 0.15) is 24.2 Å². The van der Waals surface area contributed by atoms with Crippen LogP contribution < -0.4 is 10.6 Å². The second-order valence-electron chi connectivity index (χ2n) is 5.14. The van der Waals surface area contributed by atoms with Crippen LogP contribution >= 0.6 is 11.8 Å². The maximum Gasteiger partial charge on any atom is 0.274 e. The number of carbonyl (C=O) groups excluding carboxylic acids is 1. The van der Waals surface area contributed by atoms with E-state index < -0.39 is 0 Å². The van der Waals surface area contributed by atoms with Gasteiger partial charge in [0, 0.05) is 18.7 Å². The number of hydrogen-bond donors (Lipinski definition) is 2. The number of anilines is 2. The number of hydrogen-bond acceptors (Lipinski definition) is 8. The van der Waals surface area contributed by atoms with Crippen molar-refractivity contribution in [1.29, 1.82) is 0 Å². The maximum absolute atomic E-state index is 12.2. The van der Waals surface area contributed by atoms with Crippen molar-refractivity contribution in [1.82, 2.24) is 24.8 Å². The van der Waals surface area contributed by atoms with Crippen LogP contribution in [0.3, 0.4) is 0 Å². The van der Waals surface area contributed by atoms with Gasteiger partial charge in [-0.25, -0.2) is 0 Å². The molecule has 3 aromatic rings. The normalized spacial score (nSPS) is 10.8. The highest BCUT2D eigenvalue weighted by Crippen LogP contribution is 2.21. The van der Waals surface area contributed by atoms with Gasteiger partial charge in [0.2, 0.25) is 5.16 Å². The molecule has 0 fully saturated rings. The molecule has 0 saturated heterocycles. The Morgan fingerprint density at radius 1 is 1.08 bits per heavy atom. The summed E-state index contributed by atoms with van der Waals surface area (Å²) in [4.78, 5) is 16.7. The van der Waals surface area contributed by atoms with E-state index in [0.29, 0.717) is 28.1 Å². The molecular formula is C16H19N7OS. The zero-order chi connectivity index (χ0) is 17.6. The topological polar surface area (TPSA) is 97.1 Å². The number of fused-ring (bicyclic) bond motifs is 1. The van der Waals surface area contributed by atoms with Crippen LogP contribution in [0.2, 0.25) is 0 Å². The minimum atomic E-state index is 0.0338. The maximum atomic E-state index is 12.2. The van der Waals surface area contributed by atoms with E-state index in [-0.39, 0.29) is 11.5 Å². The van der Waals surface area contributed by atoms with Crippen LogP contribution in [0.4, 0.5) is 11.6 Å². The van der Waals surface area contributed by atoms with Gasteiger partial charge < -0.3 is 10.6 Å². The Hall–Kier alpha value is -2.68. The van der Waals surface area contributed by atoms with Crippen LogP contribution in [0, 0.1) is 0 Å². The molecule has 0 bridgehead atoms. The summed E-state index contributed by atoms with van der Waals surface area (Å²) in [5.74, 6) is 1.96. The molecule has 0 aliphatic heterocycles. The van der Waals surface area contributed by atoms with Crippen LogP contribution in [0.25, 0.3) is 5.78 Å². The minimum Gasteiger partial charge on any atom is -0.367 e. The summed E-state index contributed by atoms with van der Waals surface area (Å²) < 4.78 is 1.56. The molecule has 0 atom stereocenters. The van der Waals surface area contributed by atoms with Crippen LogP contribution in [-0.4, -0.2) is 49.4 Å². The van der Waals surface area contributed by atoms with E-state index in [9.17, 15) is 4.79 Å². The molecule has 0 unspecified atom stereocenters. The van der Waals surface area contributed by atoms with Gasteiger partial charge in [-0.15, -0.1) is 15.3 Å². The van der Waals surface area contributed by atoms with Crippen molar-refractivity contribution in [2.45, 2.75) is 19.0 Å². The molecule has 3 rings (SSSR count). The Morgan fingerprint density at radius 2 is 1.80 bits per heavy atom. The zero-order valence-corrected chi connectivity index (χ0v) is 14.9. The Kier molecular flexibility index (Phi) is 5.44. The first kappa shape index (κ1) is 17.2. The summed E-state index contributed by atoms with van der Waals surface area (Å²) >= 11 is 1.29. The molecule has 130 valence electrons. The Labute approximate surface area is 149 Å². The van der Waals surface area contributed by atoms with Gasteiger partial charge in [0.05, 0.1) is 5.75 Å². The van der Waals surface area contributed by atoms with Crippen molar-refractivity contribution in [2.75, 3.05) is 29.5 Å². The molecule has 9 heteroatoms. The summed E-state index contributed by atoms with van der Waals surface area (Å²) in [7, 11) is 0. The first-order valence-electron chi connectivity index (χ1n) is 8.05. The van der Waals surface area contributed by atoms with Gasteiger partial charge in [-0.05, 0) is 13.8 Å². The third-order valence-electron chi connectivity index (χ3n) is 3.35. The van der Waals surface area contributed by atoms with E-state index >= 15 is 0 Å². The number of benzene rings is 1. The lowest BCUT2D eigenvalue weighted by molar-refractivity contribution is 0.102. The van der Waals surface area contributed by atoms with Gasteiger partial charge in [0.25, 0.3) is 5.78 Å². The first-order valence-corrected chi connectivity index (χ1v) is 9.03. The summed E-state index contributed by atoms with van der Waals surface area (Å²) in [6, 6.07) is 9.19. The van der Waals surface area contributed by atoms with Crippen molar-refractivity contribution < 1.29 is 4.79 Å². The number of Topliss-reactive ketones (excluding diaryl/α,β-unsaturated/α-hetero) is 1. The molecule has 0 saturated carbocycles. The average molecular weight is 357 g/mol. The highest BCUT2D eigenvalue weighted by atomic mass is 32.2. The summed E-state index contributed by atoms with van der Waals surface area (Å²) in [5.41, 5.74) is 0.678. The summed E-state index contributed by atoms with van der Waals surface area (Å²) in [5, 5.41) is 19.5. The largest absolute Gasteiger partial charge is 0.367 e. The monoisotopic (exact) mass is 357 g/mol. The number of thioether (sulfide) groups is 1. The van der Waals surface area contributed by atoms with E-state index in [1.54, 1.807) is 16.6 Å². The molecule has 8 nitrogen and oxygen atoms in total. The second-order valence-corrected chi connectivity index (χ2v) is 6.08. The van der Waals surface area contributed by atoms with Gasteiger partial charge in [-0.3, -0.25) is 4.79 Å². The minimum absolute atomic E-state index is 0.0338. The summed E-state index contributed by atoms with van der Waals surface area (Å²) in [6.07, 6.45) is 0. The molecule has 2 N–H and O–H groups in total. The standard InChI is InChI=1S/C16H19N7OS/c1-3-17-13-14(18-4-2)22-23-15(19-13)20-21-16(23)25-10-12(24)11-8-6-5-7-9-11/h5-9H,3-4,10H2,1-2H3,(H,18,22)(H,17,19,20). The average Bonchev–Trinajstić information content (AvgIpc) is 3.03. The molecule has 0 spiro atoms. The Morgan fingerprint density at radius 3 is 2.52 bits per heavy atom. The number of ketones is 1. The van der Waals surface area contributed by atoms with Crippen LogP contribution in [-0.2, 0) is 0 Å². The number of aromatic nitrogens is 5. The van der Waals surface area contributed by atoms with Crippen molar-refractivity contribution in [3.8, 4) is 0 Å². The predicted octanol–water partition coefficient (Wildman–Crippen LogP) is 2.36. The van der Waals surface area contributed by atoms with E-state index in [2.05, 4.69) is 30.9 Å². The van der Waals surface area contributed by atoms with E-state index in [0.717, 1.165) is 13.1 Å². The van der Waals surface area contributed by atoms with Gasteiger partial charge in [0.15, 0.2) is 17.4 Å². The van der Waals surface area contributed by atoms with E-state index in [1.165, 1.54) is 11.8 Å². The molecule has 0 aliphatic carbocycles. The molecule has 2 aromatic heterocycles. The van der Waals surface area contributed by atoms with Crippen molar-refractivity contribution in [2.24, 2.45) is 0 Å². The van der Waals surface area contributed by atoms with Crippen molar-refractivity contribution in [3.63, 3.8) is 0 Å². The van der Waals surface area contributed by atoms with Gasteiger partial charge in [-0.2, -0.15) is 9.50 Å². The fourth-order valence-corrected chi connectivity index (χ4v) is 2.99. The lowest BCUT2D eigenvalue weighted by Crippen LogP contribution is -2.11. The lowest BCUT2D eigenvalue weighted by Gasteiger charge is -2.09.